The minimum absolute atomic E-state index is 0.209. The SMILES string of the molecule is C[n+]1ccn(CCOc2ccc3cc(COCCc4cc(-c5cccs5)sc4-c4cccs4)ccc3c2-c2c(O)ccc3cc(COCCc4cc(-c5cccs5)sc4-c4cccs4)ccc23)c1. The van der Waals surface area contributed by atoms with Gasteiger partial charge in [-0.3, -0.25) is 0 Å². The predicted octanol–water partition coefficient (Wildman–Crippen LogP) is 15.6. The van der Waals surface area contributed by atoms with Crippen LogP contribution in [0.2, 0.25) is 0 Å². The number of rotatable bonds is 19. The molecular formula is C56H47N2O4S6+. The molecule has 68 heavy (non-hydrogen) atoms. The molecule has 12 heteroatoms. The van der Waals surface area contributed by atoms with Crippen LogP contribution in [0, 0.1) is 0 Å². The molecule has 1 N–H and O–H groups in total. The number of aromatic nitrogens is 2. The van der Waals surface area contributed by atoms with Crippen molar-refractivity contribution in [2.24, 2.45) is 7.05 Å². The Hall–Kier alpha value is -5.67. The number of aryl methyl sites for hydroxylation is 1. The number of aromatic hydroxyl groups is 1. The van der Waals surface area contributed by atoms with E-state index in [4.69, 9.17) is 14.2 Å². The van der Waals surface area contributed by atoms with Crippen LogP contribution in [0.4, 0.5) is 0 Å². The van der Waals surface area contributed by atoms with Crippen molar-refractivity contribution in [2.45, 2.75) is 32.6 Å². The number of benzene rings is 4. The zero-order valence-corrected chi connectivity index (χ0v) is 42.2. The molecule has 0 aliphatic heterocycles. The lowest BCUT2D eigenvalue weighted by Crippen LogP contribution is -2.24. The summed E-state index contributed by atoms with van der Waals surface area (Å²) in [4.78, 5) is 10.5. The van der Waals surface area contributed by atoms with Crippen LogP contribution in [0.25, 0.3) is 71.7 Å². The highest BCUT2D eigenvalue weighted by atomic mass is 32.1. The minimum atomic E-state index is 0.209. The summed E-state index contributed by atoms with van der Waals surface area (Å²) in [6.07, 6.45) is 7.79. The third-order valence-electron chi connectivity index (χ3n) is 12.0. The molecular weight excluding hydrogens is 957 g/mol. The van der Waals surface area contributed by atoms with E-state index in [2.05, 4.69) is 129 Å². The molecule has 7 heterocycles. The van der Waals surface area contributed by atoms with E-state index in [1.165, 1.54) is 50.1 Å². The summed E-state index contributed by atoms with van der Waals surface area (Å²) in [6, 6.07) is 42.9. The summed E-state index contributed by atoms with van der Waals surface area (Å²) < 4.78 is 23.5. The average molecular weight is 1000 g/mol. The fourth-order valence-electron chi connectivity index (χ4n) is 8.73. The molecule has 0 atom stereocenters. The standard InChI is InChI=1S/C56H46N2O4S6/c1-57-20-21-58(36-57)22-25-62-46-17-13-40-31-38(35-61-24-19-42-33-52(48-7-3-27-64-48)68-56(42)50-9-5-29-66-50)11-15-44(40)54(46)53-43-14-10-37(30-39(43)12-16-45(53)59)34-60-23-18-41-32-51(47-6-2-26-63-47)67-55(41)49-8-4-28-65-49/h2-17,20-21,26-33,36H,18-19,22-25,34-35H2,1H3/p+1. The molecule has 11 rings (SSSR count). The van der Waals surface area contributed by atoms with Gasteiger partial charge < -0.3 is 19.3 Å². The van der Waals surface area contributed by atoms with Gasteiger partial charge in [-0.25, -0.2) is 9.13 Å². The van der Waals surface area contributed by atoms with Crippen molar-refractivity contribution in [3.8, 4) is 61.6 Å². The van der Waals surface area contributed by atoms with E-state index in [-0.39, 0.29) is 5.75 Å². The van der Waals surface area contributed by atoms with E-state index < -0.39 is 0 Å². The van der Waals surface area contributed by atoms with Crippen LogP contribution in [0.3, 0.4) is 0 Å². The molecule has 0 aliphatic rings. The highest BCUT2D eigenvalue weighted by molar-refractivity contribution is 7.26. The number of phenolic OH excluding ortho intramolecular Hbond substituents is 1. The fraction of sp³-hybridized carbons (Fsp3) is 0.161. The van der Waals surface area contributed by atoms with Crippen molar-refractivity contribution in [2.75, 3.05) is 19.8 Å². The van der Waals surface area contributed by atoms with E-state index in [9.17, 15) is 5.11 Å². The summed E-state index contributed by atoms with van der Waals surface area (Å²) in [7, 11) is 2.02. The Morgan fingerprint density at radius 2 is 1.07 bits per heavy atom. The van der Waals surface area contributed by atoms with Crippen LogP contribution < -0.4 is 9.30 Å². The second-order valence-corrected chi connectivity index (χ2v) is 22.5. The van der Waals surface area contributed by atoms with Crippen molar-refractivity contribution < 1.29 is 23.9 Å². The lowest BCUT2D eigenvalue weighted by molar-refractivity contribution is -0.671. The summed E-state index contributed by atoms with van der Waals surface area (Å²) >= 11 is 10.9. The molecule has 0 aliphatic carbocycles. The third-order valence-corrected chi connectivity index (χ3v) is 18.6. The number of hydrogen-bond donors (Lipinski definition) is 1. The van der Waals surface area contributed by atoms with Gasteiger partial charge in [-0.1, -0.05) is 60.7 Å². The normalized spacial score (nSPS) is 11.7. The Kier molecular flexibility index (Phi) is 13.5. The maximum absolute atomic E-state index is 11.8. The molecule has 4 aromatic carbocycles. The monoisotopic (exact) mass is 1000 g/mol. The van der Waals surface area contributed by atoms with Crippen molar-refractivity contribution >= 4 is 89.6 Å². The predicted molar refractivity (Wildman–Crippen MR) is 288 cm³/mol. The molecule has 11 aromatic rings. The number of nitrogens with zero attached hydrogens (tertiary/aromatic N) is 2. The molecule has 0 fully saturated rings. The van der Waals surface area contributed by atoms with E-state index in [1.807, 2.05) is 71.2 Å². The number of fused-ring (bicyclic) bond motifs is 2. The van der Waals surface area contributed by atoms with Gasteiger partial charge in [-0.2, -0.15) is 0 Å². The minimum Gasteiger partial charge on any atom is -0.507 e. The van der Waals surface area contributed by atoms with Gasteiger partial charge in [-0.15, -0.1) is 68.0 Å². The molecule has 0 unspecified atom stereocenters. The van der Waals surface area contributed by atoms with Gasteiger partial charge >= 0.3 is 0 Å². The largest absolute Gasteiger partial charge is 0.507 e. The Balaban J connectivity index is 0.826. The fourth-order valence-corrected chi connectivity index (χ4v) is 14.6. The summed E-state index contributed by atoms with van der Waals surface area (Å²) in [6.45, 7) is 3.38. The third kappa shape index (κ3) is 9.78. The molecule has 0 saturated carbocycles. The highest BCUT2D eigenvalue weighted by Gasteiger charge is 2.20. The Morgan fingerprint density at radius 3 is 1.59 bits per heavy atom. The van der Waals surface area contributed by atoms with E-state index in [1.54, 1.807) is 45.3 Å². The number of imidazole rings is 1. The molecule has 0 bridgehead atoms. The van der Waals surface area contributed by atoms with Gasteiger partial charge in [0.1, 0.15) is 37.0 Å². The Labute approximate surface area is 419 Å². The number of thiophene rings is 6. The van der Waals surface area contributed by atoms with Crippen molar-refractivity contribution in [3.63, 3.8) is 0 Å². The molecule has 0 radical (unpaired) electrons. The number of hydrogen-bond acceptors (Lipinski definition) is 10. The first-order chi connectivity index (χ1) is 33.5. The Bertz CT molecular complexity index is 3420. The first kappa shape index (κ1) is 44.8. The van der Waals surface area contributed by atoms with Crippen molar-refractivity contribution in [1.82, 2.24) is 4.57 Å². The molecule has 0 saturated heterocycles. The quantitative estimate of drug-likeness (QED) is 0.0648. The lowest BCUT2D eigenvalue weighted by atomic mass is 9.91. The smallest absolute Gasteiger partial charge is 0.243 e. The maximum Gasteiger partial charge on any atom is 0.243 e. The van der Waals surface area contributed by atoms with Crippen LogP contribution in [0.5, 0.6) is 11.5 Å². The molecule has 7 aromatic heterocycles. The molecule has 0 spiro atoms. The Morgan fingerprint density at radius 1 is 0.544 bits per heavy atom. The molecule has 0 amide bonds. The molecule has 340 valence electrons. The second kappa shape index (κ2) is 20.5. The zero-order chi connectivity index (χ0) is 45.8. The topological polar surface area (TPSA) is 56.7 Å². The van der Waals surface area contributed by atoms with Crippen LogP contribution in [0.15, 0.2) is 162 Å². The van der Waals surface area contributed by atoms with Gasteiger partial charge in [0.25, 0.3) is 0 Å². The summed E-state index contributed by atoms with van der Waals surface area (Å²) in [5.74, 6) is 0.936. The van der Waals surface area contributed by atoms with Crippen LogP contribution in [-0.4, -0.2) is 29.5 Å². The van der Waals surface area contributed by atoms with E-state index in [0.29, 0.717) is 39.6 Å². The van der Waals surface area contributed by atoms with Crippen molar-refractivity contribution in [3.05, 3.63) is 184 Å². The van der Waals surface area contributed by atoms with Crippen LogP contribution in [0.1, 0.15) is 22.3 Å². The number of phenols is 1. The molecule has 6 nitrogen and oxygen atoms in total. The van der Waals surface area contributed by atoms with Crippen molar-refractivity contribution in [1.29, 1.82) is 0 Å². The van der Waals surface area contributed by atoms with E-state index >= 15 is 0 Å². The maximum atomic E-state index is 11.8. The van der Waals surface area contributed by atoms with Crippen LogP contribution >= 0.6 is 68.0 Å². The van der Waals surface area contributed by atoms with Crippen LogP contribution in [-0.2, 0) is 49.1 Å². The summed E-state index contributed by atoms with van der Waals surface area (Å²) in [5, 5.41) is 24.4. The first-order valence-corrected chi connectivity index (χ1v) is 27.7. The lowest BCUT2D eigenvalue weighted by Gasteiger charge is -2.18. The van der Waals surface area contributed by atoms with E-state index in [0.717, 1.165) is 62.4 Å². The highest BCUT2D eigenvalue weighted by Crippen LogP contribution is 2.47. The number of ether oxygens (including phenoxy) is 3. The first-order valence-electron chi connectivity index (χ1n) is 22.5. The second-order valence-electron chi connectivity index (χ2n) is 16.6. The van der Waals surface area contributed by atoms with Gasteiger partial charge in [0.2, 0.25) is 6.33 Å². The zero-order valence-electron chi connectivity index (χ0n) is 37.3. The van der Waals surface area contributed by atoms with Gasteiger partial charge in [0.15, 0.2) is 0 Å². The average Bonchev–Trinajstić information content (AvgIpc) is 4.20. The summed E-state index contributed by atoms with van der Waals surface area (Å²) in [5.41, 5.74) is 6.47. The van der Waals surface area contributed by atoms with Gasteiger partial charge in [-0.05, 0) is 139 Å². The van der Waals surface area contributed by atoms with Gasteiger partial charge in [0.05, 0.1) is 33.5 Å². The van der Waals surface area contributed by atoms with Gasteiger partial charge in [0, 0.05) is 50.1 Å².